The Morgan fingerprint density at radius 1 is 1.30 bits per heavy atom. The molecule has 1 N–H and O–H groups in total. The maximum absolute atomic E-state index is 7.19. The highest BCUT2D eigenvalue weighted by Crippen LogP contribution is 1.97. The van der Waals surface area contributed by atoms with Gasteiger partial charge in [0, 0.05) is 0 Å². The molecule has 2 nitrogen and oxygen atoms in total. The van der Waals surface area contributed by atoms with Crippen molar-refractivity contribution < 1.29 is 4.42 Å². The Hall–Kier alpha value is -1.44. The normalized spacial score (nSPS) is 8.80. The van der Waals surface area contributed by atoms with Crippen LogP contribution in [0, 0.1) is 5.41 Å². The molecule has 0 aliphatic rings. The molecule has 0 bridgehead atoms. The third-order valence-electron chi connectivity index (χ3n) is 1.18. The number of hydrogen-bond acceptors (Lipinski definition) is 1. The van der Waals surface area contributed by atoms with Crippen molar-refractivity contribution in [1.82, 2.24) is 0 Å². The highest BCUT2D eigenvalue weighted by molar-refractivity contribution is 5.88. The Bertz CT molecular complexity index is 241. The van der Waals surface area contributed by atoms with Gasteiger partial charge in [-0.25, -0.2) is 9.83 Å². The van der Waals surface area contributed by atoms with Crippen molar-refractivity contribution in [2.45, 2.75) is 0 Å². The second-order valence-corrected chi connectivity index (χ2v) is 1.84. The van der Waals surface area contributed by atoms with Crippen LogP contribution >= 0.6 is 0 Å². The molecule has 0 saturated heterocycles. The number of carbonyl (C=O) groups excluding carboxylic acids is 1. The van der Waals surface area contributed by atoms with E-state index in [0.29, 0.717) is 0 Å². The van der Waals surface area contributed by atoms with Crippen molar-refractivity contribution in [3.63, 3.8) is 0 Å². The molecule has 1 aromatic rings. The van der Waals surface area contributed by atoms with E-state index in [0.717, 1.165) is 5.56 Å². The Labute approximate surface area is 59.3 Å². The summed E-state index contributed by atoms with van der Waals surface area (Å²) >= 11 is 0. The summed E-state index contributed by atoms with van der Waals surface area (Å²) in [6, 6.07) is 9.19. The first kappa shape index (κ1) is 6.68. The van der Waals surface area contributed by atoms with Gasteiger partial charge in [-0.1, -0.05) is 18.2 Å². The molecule has 0 saturated carbocycles. The van der Waals surface area contributed by atoms with Crippen LogP contribution in [0.3, 0.4) is 0 Å². The molecule has 1 aromatic carbocycles. The molecule has 0 fully saturated rings. The lowest BCUT2D eigenvalue weighted by atomic mass is 10.2. The van der Waals surface area contributed by atoms with Gasteiger partial charge in [-0.3, -0.25) is 0 Å². The molecule has 0 aliphatic carbocycles. The molecule has 0 aromatic heterocycles. The highest BCUT2D eigenvalue weighted by atomic mass is 16.4. The minimum atomic E-state index is 0.0978. The Balaban J connectivity index is 2.95. The molecular formula is C8H8NO+. The van der Waals surface area contributed by atoms with Crippen LogP contribution in [0.15, 0.2) is 30.3 Å². The summed E-state index contributed by atoms with van der Waals surface area (Å²) in [5.41, 5.74) is 0.748. The van der Waals surface area contributed by atoms with Gasteiger partial charge in [-0.2, -0.15) is 0 Å². The molecule has 0 amide bonds. The van der Waals surface area contributed by atoms with Crippen molar-refractivity contribution in [1.29, 1.82) is 5.41 Å². The average Bonchev–Trinajstić information content (AvgIpc) is 2.05. The minimum Gasteiger partial charge on any atom is -0.211 e. The van der Waals surface area contributed by atoms with E-state index in [1.165, 1.54) is 0 Å². The molecule has 0 atom stereocenters. The highest BCUT2D eigenvalue weighted by Gasteiger charge is 2.06. The van der Waals surface area contributed by atoms with Gasteiger partial charge in [0.1, 0.15) is 5.56 Å². The smallest absolute Gasteiger partial charge is 0.211 e. The lowest BCUT2D eigenvalue weighted by Gasteiger charge is -1.84. The third-order valence-corrected chi connectivity index (χ3v) is 1.18. The van der Waals surface area contributed by atoms with E-state index in [9.17, 15) is 0 Å². The van der Waals surface area contributed by atoms with Gasteiger partial charge >= 0.3 is 5.90 Å². The van der Waals surface area contributed by atoms with Crippen LogP contribution in [0.4, 0.5) is 0 Å². The molecular weight excluding hydrogens is 126 g/mol. The summed E-state index contributed by atoms with van der Waals surface area (Å²) in [7, 11) is 0. The third kappa shape index (κ3) is 1.29. The number of rotatable bonds is 1. The SMILES string of the molecule is C=[O+]C(=N)c1ccccc1. The Morgan fingerprint density at radius 3 is 2.40 bits per heavy atom. The molecule has 0 radical (unpaired) electrons. The van der Waals surface area contributed by atoms with Gasteiger partial charge in [0.15, 0.2) is 0 Å². The lowest BCUT2D eigenvalue weighted by molar-refractivity contribution is -0.303. The zero-order valence-corrected chi connectivity index (χ0v) is 5.50. The molecule has 0 spiro atoms. The van der Waals surface area contributed by atoms with Crippen LogP contribution in [0.5, 0.6) is 0 Å². The standard InChI is InChI=1S/C8H8NO/c1-10-8(9)7-5-3-2-4-6-7/h2-6,9H,1H2/q+1. The van der Waals surface area contributed by atoms with Crippen molar-refractivity contribution in [2.24, 2.45) is 0 Å². The number of nitrogens with one attached hydrogen (secondary N) is 1. The van der Waals surface area contributed by atoms with Crippen LogP contribution in [0.25, 0.3) is 0 Å². The van der Waals surface area contributed by atoms with Crippen LogP contribution in [0.1, 0.15) is 5.56 Å². The molecule has 2 heteroatoms. The van der Waals surface area contributed by atoms with Crippen LogP contribution in [-0.4, -0.2) is 12.7 Å². The van der Waals surface area contributed by atoms with E-state index >= 15 is 0 Å². The summed E-state index contributed by atoms with van der Waals surface area (Å²) < 4.78 is 4.47. The summed E-state index contributed by atoms with van der Waals surface area (Å²) in [6.45, 7) is 3.14. The lowest BCUT2D eigenvalue weighted by Crippen LogP contribution is -1.96. The van der Waals surface area contributed by atoms with Gasteiger partial charge in [0.05, 0.1) is 0 Å². The van der Waals surface area contributed by atoms with Gasteiger partial charge in [0.2, 0.25) is 0 Å². The van der Waals surface area contributed by atoms with E-state index in [1.54, 1.807) is 12.1 Å². The topological polar surface area (TPSA) is 35.2 Å². The first-order chi connectivity index (χ1) is 4.84. The molecule has 0 aliphatic heterocycles. The summed E-state index contributed by atoms with van der Waals surface area (Å²) in [5.74, 6) is 0.0978. The molecule has 50 valence electrons. The van der Waals surface area contributed by atoms with Gasteiger partial charge in [-0.05, 0) is 12.1 Å². The van der Waals surface area contributed by atoms with Crippen molar-refractivity contribution in [3.8, 4) is 0 Å². The fourth-order valence-electron chi connectivity index (χ4n) is 0.673. The van der Waals surface area contributed by atoms with E-state index in [4.69, 9.17) is 5.41 Å². The average molecular weight is 134 g/mol. The van der Waals surface area contributed by atoms with E-state index < -0.39 is 0 Å². The van der Waals surface area contributed by atoms with Gasteiger partial charge in [0.25, 0.3) is 6.79 Å². The fourth-order valence-corrected chi connectivity index (χ4v) is 0.673. The molecule has 10 heavy (non-hydrogen) atoms. The minimum absolute atomic E-state index is 0.0978. The quantitative estimate of drug-likeness (QED) is 0.342. The first-order valence-corrected chi connectivity index (χ1v) is 2.90. The second kappa shape index (κ2) is 2.92. The van der Waals surface area contributed by atoms with Crippen LogP contribution < -0.4 is 0 Å². The second-order valence-electron chi connectivity index (χ2n) is 1.84. The van der Waals surface area contributed by atoms with Gasteiger partial charge in [-0.15, -0.1) is 0 Å². The fraction of sp³-hybridized carbons (Fsp3) is 0. The largest absolute Gasteiger partial charge is 0.451 e. The van der Waals surface area contributed by atoms with Crippen molar-refractivity contribution in [3.05, 3.63) is 35.9 Å². The van der Waals surface area contributed by atoms with E-state index in [-0.39, 0.29) is 5.90 Å². The predicted molar refractivity (Wildman–Crippen MR) is 40.4 cm³/mol. The summed E-state index contributed by atoms with van der Waals surface area (Å²) in [4.78, 5) is 0. The Kier molecular flexibility index (Phi) is 1.95. The Morgan fingerprint density at radius 2 is 1.90 bits per heavy atom. The van der Waals surface area contributed by atoms with Crippen molar-refractivity contribution in [2.75, 3.05) is 0 Å². The molecule has 1 rings (SSSR count). The van der Waals surface area contributed by atoms with Crippen LogP contribution in [0.2, 0.25) is 0 Å². The number of hydrogen-bond donors (Lipinski definition) is 1. The van der Waals surface area contributed by atoms with Crippen LogP contribution in [-0.2, 0) is 4.42 Å². The monoisotopic (exact) mass is 134 g/mol. The van der Waals surface area contributed by atoms with E-state index in [1.807, 2.05) is 18.2 Å². The first-order valence-electron chi connectivity index (χ1n) is 2.90. The zero-order chi connectivity index (χ0) is 7.40. The molecule has 0 heterocycles. The zero-order valence-electron chi connectivity index (χ0n) is 5.50. The summed E-state index contributed by atoms with van der Waals surface area (Å²) in [5, 5.41) is 7.19. The maximum Gasteiger partial charge on any atom is 0.451 e. The molecule has 0 unspecified atom stereocenters. The maximum atomic E-state index is 7.19. The number of benzene rings is 1. The van der Waals surface area contributed by atoms with Crippen molar-refractivity contribution >= 4 is 12.7 Å². The predicted octanol–water partition coefficient (Wildman–Crippen LogP) is 1.38. The summed E-state index contributed by atoms with van der Waals surface area (Å²) in [6.07, 6.45) is 0. The van der Waals surface area contributed by atoms with Gasteiger partial charge < -0.3 is 0 Å². The van der Waals surface area contributed by atoms with E-state index in [2.05, 4.69) is 11.2 Å².